The van der Waals surface area contributed by atoms with Gasteiger partial charge in [-0.3, -0.25) is 9.69 Å². The van der Waals surface area contributed by atoms with Crippen LogP contribution in [0.15, 0.2) is 53.3 Å². The van der Waals surface area contributed by atoms with E-state index in [2.05, 4.69) is 20.2 Å². The van der Waals surface area contributed by atoms with Gasteiger partial charge in [-0.25, -0.2) is 4.79 Å². The van der Waals surface area contributed by atoms with Crippen LogP contribution in [0.5, 0.6) is 0 Å². The zero-order valence-corrected chi connectivity index (χ0v) is 16.4. The Morgan fingerprint density at radius 2 is 1.79 bits per heavy atom. The first kappa shape index (κ1) is 19.4. The zero-order chi connectivity index (χ0) is 20.4. The van der Waals surface area contributed by atoms with Crippen LogP contribution in [0.2, 0.25) is 0 Å². The third kappa shape index (κ3) is 4.26. The van der Waals surface area contributed by atoms with Crippen molar-refractivity contribution in [2.45, 2.75) is 31.9 Å². The smallest absolute Gasteiger partial charge is 0.323 e. The van der Waals surface area contributed by atoms with Crippen molar-refractivity contribution in [3.63, 3.8) is 0 Å². The van der Waals surface area contributed by atoms with Crippen LogP contribution in [0.3, 0.4) is 0 Å². The minimum atomic E-state index is -0.460. The molecule has 1 saturated heterocycles. The molecule has 0 aliphatic carbocycles. The molecule has 0 saturated carbocycles. The van der Waals surface area contributed by atoms with Gasteiger partial charge in [0.15, 0.2) is 0 Å². The summed E-state index contributed by atoms with van der Waals surface area (Å²) in [5.74, 6) is 0.126. The quantitative estimate of drug-likeness (QED) is 0.534. The maximum atomic E-state index is 12.7. The van der Waals surface area contributed by atoms with Gasteiger partial charge in [-0.15, -0.1) is 0 Å². The fourth-order valence-electron chi connectivity index (χ4n) is 4.07. The molecule has 4 rings (SSSR count). The van der Waals surface area contributed by atoms with Crippen molar-refractivity contribution in [2.75, 3.05) is 18.4 Å². The predicted octanol–water partition coefficient (Wildman–Crippen LogP) is 2.63. The van der Waals surface area contributed by atoms with Crippen LogP contribution < -0.4 is 11.0 Å². The number of hydrogen-bond acceptors (Lipinski definition) is 4. The number of rotatable bonds is 5. The lowest BCUT2D eigenvalue weighted by Crippen LogP contribution is -2.46. The minimum Gasteiger partial charge on any atom is -0.388 e. The molecule has 1 fully saturated rings. The highest BCUT2D eigenvalue weighted by molar-refractivity contribution is 5.96. The molecule has 3 aromatic rings. The summed E-state index contributed by atoms with van der Waals surface area (Å²) in [6.45, 7) is 3.45. The summed E-state index contributed by atoms with van der Waals surface area (Å²) in [7, 11) is 0. The van der Waals surface area contributed by atoms with Crippen LogP contribution in [0, 0.1) is 5.92 Å². The molecule has 1 aromatic heterocycles. The summed E-state index contributed by atoms with van der Waals surface area (Å²) in [4.78, 5) is 31.6. The number of aromatic amines is 2. The molecule has 7 nitrogen and oxygen atoms in total. The third-order valence-electron chi connectivity index (χ3n) is 5.87. The van der Waals surface area contributed by atoms with Gasteiger partial charge in [0.1, 0.15) is 0 Å². The van der Waals surface area contributed by atoms with Crippen molar-refractivity contribution >= 4 is 22.6 Å². The Labute approximate surface area is 168 Å². The summed E-state index contributed by atoms with van der Waals surface area (Å²) < 4.78 is 0. The van der Waals surface area contributed by atoms with Gasteiger partial charge < -0.3 is 20.4 Å². The summed E-state index contributed by atoms with van der Waals surface area (Å²) in [6.07, 6.45) is 1.24. The normalized spacial score (nSPS) is 17.9. The lowest BCUT2D eigenvalue weighted by Gasteiger charge is -2.37. The number of H-pyrrole nitrogens is 2. The number of carbonyl (C=O) groups is 1. The van der Waals surface area contributed by atoms with Gasteiger partial charge in [-0.1, -0.05) is 30.3 Å². The molecule has 2 aromatic carbocycles. The second kappa shape index (κ2) is 8.23. The molecule has 1 aliphatic rings. The molecule has 4 N–H and O–H groups in total. The van der Waals surface area contributed by atoms with E-state index in [0.29, 0.717) is 16.7 Å². The van der Waals surface area contributed by atoms with Gasteiger partial charge in [0.05, 0.1) is 23.2 Å². The number of imidazole rings is 1. The Morgan fingerprint density at radius 3 is 2.52 bits per heavy atom. The first-order chi connectivity index (χ1) is 14.0. The van der Waals surface area contributed by atoms with Crippen LogP contribution in [0.1, 0.15) is 31.4 Å². The van der Waals surface area contributed by atoms with E-state index in [4.69, 9.17) is 0 Å². The van der Waals surface area contributed by atoms with Crippen molar-refractivity contribution < 1.29 is 9.90 Å². The lowest BCUT2D eigenvalue weighted by molar-refractivity contribution is -0.121. The van der Waals surface area contributed by atoms with Gasteiger partial charge in [0, 0.05) is 5.69 Å². The number of aliphatic hydroxyl groups excluding tert-OH is 1. The van der Waals surface area contributed by atoms with Gasteiger partial charge in [-0.05, 0) is 62.5 Å². The molecule has 1 aliphatic heterocycles. The topological polar surface area (TPSA) is 101 Å². The molecule has 0 radical (unpaired) electrons. The first-order valence-corrected chi connectivity index (χ1v) is 10.0. The molecular formula is C22H26N4O3. The Morgan fingerprint density at radius 1 is 1.10 bits per heavy atom. The standard InChI is InChI=1S/C22H26N4O3/c1-14(21(28)23-17-7-8-18-19(13-17)25-22(29)24-18)26-11-9-16(10-12-26)20(27)15-5-3-2-4-6-15/h2-8,13-14,16,20,27H,9-12H2,1H3,(H,23,28)(H2,24,25,29). The highest BCUT2D eigenvalue weighted by Crippen LogP contribution is 2.31. The highest BCUT2D eigenvalue weighted by Gasteiger charge is 2.30. The van der Waals surface area contributed by atoms with E-state index >= 15 is 0 Å². The molecule has 152 valence electrons. The molecule has 0 spiro atoms. The fourth-order valence-corrected chi connectivity index (χ4v) is 4.07. The summed E-state index contributed by atoms with van der Waals surface area (Å²) in [6, 6.07) is 14.8. The van der Waals surface area contributed by atoms with Gasteiger partial charge in [0.2, 0.25) is 5.91 Å². The summed E-state index contributed by atoms with van der Waals surface area (Å²) in [5, 5.41) is 13.6. The number of amides is 1. The average Bonchev–Trinajstić information content (AvgIpc) is 3.12. The number of aliphatic hydroxyl groups is 1. The molecule has 0 bridgehead atoms. The number of fused-ring (bicyclic) bond motifs is 1. The van der Waals surface area contributed by atoms with Crippen LogP contribution in [0.4, 0.5) is 5.69 Å². The van der Waals surface area contributed by atoms with E-state index in [-0.39, 0.29) is 23.6 Å². The Hall–Kier alpha value is -2.90. The maximum Gasteiger partial charge on any atom is 0.323 e. The van der Waals surface area contributed by atoms with Crippen LogP contribution in [0.25, 0.3) is 11.0 Å². The average molecular weight is 394 g/mol. The molecule has 2 atom stereocenters. The monoisotopic (exact) mass is 394 g/mol. The largest absolute Gasteiger partial charge is 0.388 e. The van der Waals surface area contributed by atoms with E-state index in [9.17, 15) is 14.7 Å². The predicted molar refractivity (Wildman–Crippen MR) is 113 cm³/mol. The SMILES string of the molecule is CC(C(=O)Nc1ccc2[nH]c(=O)[nH]c2c1)N1CCC(C(O)c2ccccc2)CC1. The second-order valence-corrected chi connectivity index (χ2v) is 7.73. The summed E-state index contributed by atoms with van der Waals surface area (Å²) >= 11 is 0. The van der Waals surface area contributed by atoms with Crippen molar-refractivity contribution in [2.24, 2.45) is 5.92 Å². The first-order valence-electron chi connectivity index (χ1n) is 10.0. The molecule has 29 heavy (non-hydrogen) atoms. The van der Waals surface area contributed by atoms with E-state index in [1.807, 2.05) is 37.3 Å². The highest BCUT2D eigenvalue weighted by atomic mass is 16.3. The fraction of sp³-hybridized carbons (Fsp3) is 0.364. The zero-order valence-electron chi connectivity index (χ0n) is 16.4. The molecule has 2 unspecified atom stereocenters. The maximum absolute atomic E-state index is 12.7. The van der Waals surface area contributed by atoms with Crippen LogP contribution in [-0.4, -0.2) is 45.0 Å². The van der Waals surface area contributed by atoms with Gasteiger partial charge >= 0.3 is 5.69 Å². The number of aromatic nitrogens is 2. The Bertz CT molecular complexity index is 1030. The number of anilines is 1. The van der Waals surface area contributed by atoms with Crippen LogP contribution >= 0.6 is 0 Å². The van der Waals surface area contributed by atoms with E-state index in [1.165, 1.54) is 0 Å². The van der Waals surface area contributed by atoms with E-state index in [1.54, 1.807) is 18.2 Å². The van der Waals surface area contributed by atoms with Crippen molar-refractivity contribution in [3.05, 3.63) is 64.6 Å². The molecule has 1 amide bonds. The van der Waals surface area contributed by atoms with E-state index in [0.717, 1.165) is 31.5 Å². The molecule has 2 heterocycles. The number of carbonyl (C=O) groups excluding carboxylic acids is 1. The summed E-state index contributed by atoms with van der Waals surface area (Å²) in [5.41, 5.74) is 2.71. The molecular weight excluding hydrogens is 368 g/mol. The van der Waals surface area contributed by atoms with Crippen molar-refractivity contribution in [3.8, 4) is 0 Å². The number of nitrogens with one attached hydrogen (secondary N) is 3. The number of benzene rings is 2. The number of nitrogens with zero attached hydrogens (tertiary/aromatic N) is 1. The van der Waals surface area contributed by atoms with E-state index < -0.39 is 6.10 Å². The van der Waals surface area contributed by atoms with Crippen molar-refractivity contribution in [1.29, 1.82) is 0 Å². The number of likely N-dealkylation sites (tertiary alicyclic amines) is 1. The Kier molecular flexibility index (Phi) is 5.51. The van der Waals surface area contributed by atoms with Crippen molar-refractivity contribution in [1.82, 2.24) is 14.9 Å². The minimum absolute atomic E-state index is 0.0794. The number of piperidine rings is 1. The lowest BCUT2D eigenvalue weighted by atomic mass is 9.87. The second-order valence-electron chi connectivity index (χ2n) is 7.73. The Balaban J connectivity index is 1.34. The number of hydrogen-bond donors (Lipinski definition) is 4. The van der Waals surface area contributed by atoms with Gasteiger partial charge in [-0.2, -0.15) is 0 Å². The third-order valence-corrected chi connectivity index (χ3v) is 5.87. The van der Waals surface area contributed by atoms with Gasteiger partial charge in [0.25, 0.3) is 0 Å². The molecule has 7 heteroatoms. The van der Waals surface area contributed by atoms with Crippen LogP contribution in [-0.2, 0) is 4.79 Å².